The molecule has 0 aliphatic heterocycles. The van der Waals surface area contributed by atoms with E-state index in [9.17, 15) is 39.2 Å². The largest absolute Gasteiger partial charge is 0.573 e. The summed E-state index contributed by atoms with van der Waals surface area (Å²) in [7, 11) is -4.77. The van der Waals surface area contributed by atoms with Crippen molar-refractivity contribution in [1.29, 1.82) is 0 Å². The van der Waals surface area contributed by atoms with Gasteiger partial charge in [0.25, 0.3) is 6.43 Å². The molecular formula is C17H10F7N3O3S. The summed E-state index contributed by atoms with van der Waals surface area (Å²) < 4.78 is 119. The van der Waals surface area contributed by atoms with Crippen molar-refractivity contribution in [2.24, 2.45) is 5.14 Å². The molecule has 0 fully saturated rings. The van der Waals surface area contributed by atoms with Gasteiger partial charge in [-0.05, 0) is 30.3 Å². The Bertz CT molecular complexity index is 1220. The third-order valence-electron chi connectivity index (χ3n) is 3.83. The van der Waals surface area contributed by atoms with Gasteiger partial charge in [0.1, 0.15) is 23.1 Å². The van der Waals surface area contributed by atoms with Crippen molar-refractivity contribution in [1.82, 2.24) is 9.78 Å². The van der Waals surface area contributed by atoms with Crippen molar-refractivity contribution in [3.63, 3.8) is 0 Å². The molecule has 0 bridgehead atoms. The molecule has 1 heterocycles. The fraction of sp³-hybridized carbons (Fsp3) is 0.118. The maximum absolute atomic E-state index is 14.2. The molecule has 2 N–H and O–H groups in total. The van der Waals surface area contributed by atoms with Crippen LogP contribution in [0.2, 0.25) is 0 Å². The van der Waals surface area contributed by atoms with E-state index in [0.29, 0.717) is 16.8 Å². The van der Waals surface area contributed by atoms with Gasteiger partial charge >= 0.3 is 6.36 Å². The predicted molar refractivity (Wildman–Crippen MR) is 91.9 cm³/mol. The molecule has 3 aromatic rings. The first kappa shape index (κ1) is 22.6. The summed E-state index contributed by atoms with van der Waals surface area (Å²) in [5.41, 5.74) is -1.85. The van der Waals surface area contributed by atoms with Crippen molar-refractivity contribution in [2.75, 3.05) is 0 Å². The highest BCUT2D eigenvalue weighted by Gasteiger charge is 2.31. The molecule has 2 aromatic carbocycles. The van der Waals surface area contributed by atoms with Gasteiger partial charge in [-0.2, -0.15) is 5.10 Å². The van der Waals surface area contributed by atoms with Crippen molar-refractivity contribution >= 4 is 10.0 Å². The van der Waals surface area contributed by atoms with Gasteiger partial charge in [0.2, 0.25) is 10.0 Å². The van der Waals surface area contributed by atoms with Crippen molar-refractivity contribution in [3.05, 3.63) is 59.8 Å². The minimum absolute atomic E-state index is 0.208. The number of sulfonamides is 1. The molecule has 1 aromatic heterocycles. The third-order valence-corrected chi connectivity index (χ3v) is 4.79. The average molecular weight is 469 g/mol. The van der Waals surface area contributed by atoms with E-state index in [1.54, 1.807) is 0 Å². The predicted octanol–water partition coefficient (Wildman–Crippen LogP) is 4.30. The van der Waals surface area contributed by atoms with E-state index in [1.807, 2.05) is 0 Å². The molecule has 3 rings (SSSR count). The number of hydrogen-bond acceptors (Lipinski definition) is 4. The Morgan fingerprint density at radius 2 is 1.65 bits per heavy atom. The molecule has 6 nitrogen and oxygen atoms in total. The Morgan fingerprint density at radius 3 is 2.16 bits per heavy atom. The summed E-state index contributed by atoms with van der Waals surface area (Å²) in [6.45, 7) is 0. The van der Waals surface area contributed by atoms with Gasteiger partial charge in [-0.1, -0.05) is 6.07 Å². The Labute approximate surface area is 169 Å². The fourth-order valence-corrected chi connectivity index (χ4v) is 3.36. The SMILES string of the molecule is NS(=O)(=O)c1c(F)cc(-c2cc(C(F)F)nn2-c2cccc(OC(F)(F)F)c2)cc1F. The van der Waals surface area contributed by atoms with Crippen LogP contribution in [-0.2, 0) is 10.0 Å². The monoisotopic (exact) mass is 469 g/mol. The number of alkyl halides is 5. The number of ether oxygens (including phenoxy) is 1. The van der Waals surface area contributed by atoms with Gasteiger partial charge in [-0.15, -0.1) is 13.2 Å². The van der Waals surface area contributed by atoms with Crippen LogP contribution in [-0.4, -0.2) is 24.6 Å². The first-order valence-corrected chi connectivity index (χ1v) is 9.57. The highest BCUT2D eigenvalue weighted by Crippen LogP contribution is 2.32. The zero-order valence-electron chi connectivity index (χ0n) is 14.9. The molecule has 0 aliphatic carbocycles. The van der Waals surface area contributed by atoms with E-state index < -0.39 is 56.3 Å². The second-order valence-electron chi connectivity index (χ2n) is 6.03. The lowest BCUT2D eigenvalue weighted by molar-refractivity contribution is -0.274. The van der Waals surface area contributed by atoms with Crippen molar-refractivity contribution < 1.29 is 43.9 Å². The minimum Gasteiger partial charge on any atom is -0.406 e. The molecule has 0 atom stereocenters. The highest BCUT2D eigenvalue weighted by molar-refractivity contribution is 7.89. The third kappa shape index (κ3) is 4.96. The molecule has 0 amide bonds. The summed E-state index contributed by atoms with van der Waals surface area (Å²) in [5.74, 6) is -3.90. The van der Waals surface area contributed by atoms with Crippen LogP contribution in [0.25, 0.3) is 16.9 Å². The number of primary sulfonamides is 1. The molecule has 0 unspecified atom stereocenters. The summed E-state index contributed by atoms with van der Waals surface area (Å²) in [5, 5.41) is 8.32. The lowest BCUT2D eigenvalue weighted by atomic mass is 10.1. The fourth-order valence-electron chi connectivity index (χ4n) is 2.70. The van der Waals surface area contributed by atoms with Crippen LogP contribution in [0.5, 0.6) is 5.75 Å². The topological polar surface area (TPSA) is 87.2 Å². The summed E-state index contributed by atoms with van der Waals surface area (Å²) in [6.07, 6.45) is -8.16. The normalized spacial score (nSPS) is 12.4. The van der Waals surface area contributed by atoms with Crippen LogP contribution in [0.3, 0.4) is 0 Å². The highest BCUT2D eigenvalue weighted by atomic mass is 32.2. The molecule has 0 spiro atoms. The summed E-state index contributed by atoms with van der Waals surface area (Å²) >= 11 is 0. The quantitative estimate of drug-likeness (QED) is 0.565. The van der Waals surface area contributed by atoms with E-state index >= 15 is 0 Å². The number of halogens is 7. The summed E-state index contributed by atoms with van der Waals surface area (Å²) in [6, 6.07) is 5.81. The first-order valence-electron chi connectivity index (χ1n) is 8.03. The van der Waals surface area contributed by atoms with Gasteiger partial charge in [-0.3, -0.25) is 0 Å². The number of nitrogens with zero attached hydrogens (tertiary/aromatic N) is 2. The van der Waals surface area contributed by atoms with Crippen LogP contribution in [0, 0.1) is 11.6 Å². The van der Waals surface area contributed by atoms with E-state index in [1.165, 1.54) is 6.07 Å². The van der Waals surface area contributed by atoms with Crippen LogP contribution >= 0.6 is 0 Å². The Balaban J connectivity index is 2.19. The van der Waals surface area contributed by atoms with E-state index in [4.69, 9.17) is 5.14 Å². The lowest BCUT2D eigenvalue weighted by Gasteiger charge is -2.12. The number of nitrogens with two attached hydrogens (primary N) is 1. The van der Waals surface area contributed by atoms with Crippen LogP contribution < -0.4 is 9.88 Å². The smallest absolute Gasteiger partial charge is 0.406 e. The second-order valence-corrected chi connectivity index (χ2v) is 7.52. The maximum atomic E-state index is 14.2. The first-order chi connectivity index (χ1) is 14.3. The zero-order valence-corrected chi connectivity index (χ0v) is 15.7. The van der Waals surface area contributed by atoms with Gasteiger partial charge in [-0.25, -0.2) is 35.8 Å². The summed E-state index contributed by atoms with van der Waals surface area (Å²) in [4.78, 5) is -1.43. The number of aromatic nitrogens is 2. The average Bonchev–Trinajstić information content (AvgIpc) is 3.04. The standard InChI is InChI=1S/C17H10F7N3O3S/c18-11-4-8(5-12(19)15(11)31(25,28)29)14-7-13(16(20)21)26-27(14)9-2-1-3-10(6-9)30-17(22,23)24/h1-7,16H,(H2,25,28,29). The second kappa shape index (κ2) is 7.85. The Kier molecular flexibility index (Phi) is 5.71. The number of rotatable bonds is 5. The molecule has 0 radical (unpaired) electrons. The number of benzene rings is 2. The Morgan fingerprint density at radius 1 is 1.03 bits per heavy atom. The Hall–Kier alpha value is -3.13. The molecular weight excluding hydrogens is 459 g/mol. The van der Waals surface area contributed by atoms with Crippen LogP contribution in [0.1, 0.15) is 12.1 Å². The molecule has 14 heteroatoms. The van der Waals surface area contributed by atoms with Crippen molar-refractivity contribution in [3.8, 4) is 22.7 Å². The molecule has 0 saturated carbocycles. The maximum Gasteiger partial charge on any atom is 0.573 e. The van der Waals surface area contributed by atoms with Crippen LogP contribution in [0.4, 0.5) is 30.7 Å². The van der Waals surface area contributed by atoms with Gasteiger partial charge in [0.15, 0.2) is 4.90 Å². The van der Waals surface area contributed by atoms with E-state index in [-0.39, 0.29) is 11.4 Å². The van der Waals surface area contributed by atoms with Gasteiger partial charge < -0.3 is 4.74 Å². The lowest BCUT2D eigenvalue weighted by Crippen LogP contribution is -2.17. The van der Waals surface area contributed by atoms with Crippen LogP contribution in [0.15, 0.2) is 47.4 Å². The molecule has 31 heavy (non-hydrogen) atoms. The van der Waals surface area contributed by atoms with Crippen molar-refractivity contribution in [2.45, 2.75) is 17.7 Å². The molecule has 0 saturated heterocycles. The molecule has 0 aliphatic rings. The van der Waals surface area contributed by atoms with Gasteiger partial charge in [0.05, 0.1) is 11.4 Å². The minimum atomic E-state index is -5.03. The van der Waals surface area contributed by atoms with E-state index in [2.05, 4.69) is 9.84 Å². The zero-order chi connectivity index (χ0) is 23.1. The van der Waals surface area contributed by atoms with Gasteiger partial charge in [0, 0.05) is 11.6 Å². The number of hydrogen-bond donors (Lipinski definition) is 1. The molecule has 166 valence electrons. The van der Waals surface area contributed by atoms with E-state index in [0.717, 1.165) is 24.3 Å².